The molecule has 1 aromatic rings. The van der Waals surface area contributed by atoms with Crippen molar-refractivity contribution in [3.05, 3.63) is 35.6 Å². The molecule has 0 aliphatic rings. The van der Waals surface area contributed by atoms with Gasteiger partial charge in [-0.05, 0) is 24.1 Å². The average molecular weight is 266 g/mol. The summed E-state index contributed by atoms with van der Waals surface area (Å²) in [5.41, 5.74) is 0.823. The Bertz CT molecular complexity index is 321. The molecule has 0 bridgehead atoms. The number of unbranched alkanes of at least 4 members (excludes halogenated alkanes) is 7. The molecule has 0 saturated carbocycles. The van der Waals surface area contributed by atoms with Crippen LogP contribution in [0.2, 0.25) is 0 Å². The van der Waals surface area contributed by atoms with Gasteiger partial charge in [0.25, 0.3) is 0 Å². The first-order valence-electron chi connectivity index (χ1n) is 7.67. The fourth-order valence-corrected chi connectivity index (χ4v) is 2.32. The first-order chi connectivity index (χ1) is 9.24. The molecule has 2 heteroatoms. The number of benzene rings is 1. The maximum absolute atomic E-state index is 12.7. The molecule has 0 radical (unpaired) electrons. The second-order valence-corrected chi connectivity index (χ2v) is 5.33. The first-order valence-corrected chi connectivity index (χ1v) is 7.67. The van der Waals surface area contributed by atoms with Crippen molar-refractivity contribution in [2.45, 2.75) is 70.8 Å². The highest BCUT2D eigenvalue weighted by atomic mass is 19.1. The lowest BCUT2D eigenvalue weighted by Crippen LogP contribution is -1.97. The zero-order valence-corrected chi connectivity index (χ0v) is 12.1. The highest BCUT2D eigenvalue weighted by Crippen LogP contribution is 2.20. The standard InChI is InChI=1S/C17H27FO/c1-2-3-4-5-6-7-8-9-10-17(19)15-11-13-16(18)14-12-15/h11-14,17,19H,2-10H2,1H3. The molecule has 0 aromatic heterocycles. The molecule has 0 aliphatic carbocycles. The molecule has 19 heavy (non-hydrogen) atoms. The zero-order chi connectivity index (χ0) is 13.9. The summed E-state index contributed by atoms with van der Waals surface area (Å²) in [6.07, 6.45) is 10.5. The Kier molecular flexibility index (Phi) is 8.48. The van der Waals surface area contributed by atoms with E-state index in [4.69, 9.17) is 0 Å². The van der Waals surface area contributed by atoms with Crippen LogP contribution in [0.4, 0.5) is 4.39 Å². The number of hydrogen-bond donors (Lipinski definition) is 1. The molecule has 0 fully saturated rings. The smallest absolute Gasteiger partial charge is 0.123 e. The van der Waals surface area contributed by atoms with Gasteiger partial charge in [-0.1, -0.05) is 70.4 Å². The minimum atomic E-state index is -0.444. The number of aliphatic hydroxyl groups excluding tert-OH is 1. The van der Waals surface area contributed by atoms with Gasteiger partial charge >= 0.3 is 0 Å². The van der Waals surface area contributed by atoms with Gasteiger partial charge in [-0.3, -0.25) is 0 Å². The summed E-state index contributed by atoms with van der Waals surface area (Å²) in [7, 11) is 0. The Labute approximate surface area is 116 Å². The van der Waals surface area contributed by atoms with E-state index in [-0.39, 0.29) is 5.82 Å². The van der Waals surface area contributed by atoms with Crippen LogP contribution in [0.3, 0.4) is 0 Å². The first kappa shape index (κ1) is 16.2. The Hall–Kier alpha value is -0.890. The van der Waals surface area contributed by atoms with Gasteiger partial charge in [-0.25, -0.2) is 4.39 Å². The largest absolute Gasteiger partial charge is 0.388 e. The lowest BCUT2D eigenvalue weighted by Gasteiger charge is -2.10. The molecule has 1 atom stereocenters. The van der Waals surface area contributed by atoms with Crippen molar-refractivity contribution in [3.8, 4) is 0 Å². The Morgan fingerprint density at radius 1 is 0.895 bits per heavy atom. The van der Waals surface area contributed by atoms with Crippen LogP contribution in [0.25, 0.3) is 0 Å². The quantitative estimate of drug-likeness (QED) is 0.563. The number of aliphatic hydroxyl groups is 1. The minimum absolute atomic E-state index is 0.247. The molecule has 0 saturated heterocycles. The molecule has 1 N–H and O–H groups in total. The molecule has 1 nitrogen and oxygen atoms in total. The van der Waals surface area contributed by atoms with E-state index < -0.39 is 6.10 Å². The van der Waals surface area contributed by atoms with Gasteiger partial charge in [0.05, 0.1) is 6.10 Å². The van der Waals surface area contributed by atoms with E-state index in [2.05, 4.69) is 6.92 Å². The van der Waals surface area contributed by atoms with Gasteiger partial charge in [-0.2, -0.15) is 0 Å². The highest BCUT2D eigenvalue weighted by molar-refractivity contribution is 5.18. The molecule has 0 heterocycles. The fraction of sp³-hybridized carbons (Fsp3) is 0.647. The zero-order valence-electron chi connectivity index (χ0n) is 12.1. The summed E-state index contributed by atoms with van der Waals surface area (Å²) in [5.74, 6) is -0.247. The van der Waals surface area contributed by atoms with Crippen LogP contribution < -0.4 is 0 Å². The van der Waals surface area contributed by atoms with Crippen molar-refractivity contribution in [2.24, 2.45) is 0 Å². The molecule has 0 amide bonds. The molecular formula is C17H27FO. The van der Waals surface area contributed by atoms with Crippen LogP contribution in [-0.4, -0.2) is 5.11 Å². The Morgan fingerprint density at radius 3 is 2.00 bits per heavy atom. The second-order valence-electron chi connectivity index (χ2n) is 5.33. The summed E-state index contributed by atoms with van der Waals surface area (Å²) in [6, 6.07) is 6.16. The third-order valence-corrected chi connectivity index (χ3v) is 3.59. The topological polar surface area (TPSA) is 20.2 Å². The minimum Gasteiger partial charge on any atom is -0.388 e. The van der Waals surface area contributed by atoms with Gasteiger partial charge in [0.1, 0.15) is 5.82 Å². The lowest BCUT2D eigenvalue weighted by molar-refractivity contribution is 0.163. The van der Waals surface area contributed by atoms with Gasteiger partial charge in [0.2, 0.25) is 0 Å². The molecule has 0 spiro atoms. The van der Waals surface area contributed by atoms with Gasteiger partial charge < -0.3 is 5.11 Å². The molecular weight excluding hydrogens is 239 g/mol. The summed E-state index contributed by atoms with van der Waals surface area (Å²) in [5, 5.41) is 9.96. The third-order valence-electron chi connectivity index (χ3n) is 3.59. The normalized spacial score (nSPS) is 12.6. The Morgan fingerprint density at radius 2 is 1.42 bits per heavy atom. The van der Waals surface area contributed by atoms with Crippen LogP contribution >= 0.6 is 0 Å². The fourth-order valence-electron chi connectivity index (χ4n) is 2.32. The van der Waals surface area contributed by atoms with Crippen LogP contribution in [-0.2, 0) is 0 Å². The van der Waals surface area contributed by atoms with Gasteiger partial charge in [0, 0.05) is 0 Å². The Balaban J connectivity index is 2.04. The van der Waals surface area contributed by atoms with E-state index in [9.17, 15) is 9.50 Å². The van der Waals surface area contributed by atoms with Crippen molar-refractivity contribution in [3.63, 3.8) is 0 Å². The lowest BCUT2D eigenvalue weighted by atomic mass is 10.0. The van der Waals surface area contributed by atoms with Crippen molar-refractivity contribution < 1.29 is 9.50 Å². The van der Waals surface area contributed by atoms with Crippen molar-refractivity contribution in [1.29, 1.82) is 0 Å². The van der Waals surface area contributed by atoms with E-state index in [0.717, 1.165) is 18.4 Å². The number of halogens is 1. The summed E-state index contributed by atoms with van der Waals surface area (Å²) >= 11 is 0. The summed E-state index contributed by atoms with van der Waals surface area (Å²) in [4.78, 5) is 0. The van der Waals surface area contributed by atoms with Crippen molar-refractivity contribution in [1.82, 2.24) is 0 Å². The van der Waals surface area contributed by atoms with Crippen LogP contribution in [0.15, 0.2) is 24.3 Å². The molecule has 0 aliphatic heterocycles. The van der Waals surface area contributed by atoms with Crippen LogP contribution in [0.1, 0.15) is 76.4 Å². The maximum atomic E-state index is 12.7. The van der Waals surface area contributed by atoms with E-state index in [1.54, 1.807) is 12.1 Å². The summed E-state index contributed by atoms with van der Waals surface area (Å²) in [6.45, 7) is 2.23. The van der Waals surface area contributed by atoms with Gasteiger partial charge in [0.15, 0.2) is 0 Å². The van der Waals surface area contributed by atoms with Gasteiger partial charge in [-0.15, -0.1) is 0 Å². The molecule has 1 unspecified atom stereocenters. The SMILES string of the molecule is CCCCCCCCCCC(O)c1ccc(F)cc1. The molecule has 1 rings (SSSR count). The predicted molar refractivity (Wildman–Crippen MR) is 78.6 cm³/mol. The third kappa shape index (κ3) is 7.31. The van der Waals surface area contributed by atoms with Crippen molar-refractivity contribution >= 4 is 0 Å². The van der Waals surface area contributed by atoms with Crippen LogP contribution in [0, 0.1) is 5.82 Å². The van der Waals surface area contributed by atoms with Crippen molar-refractivity contribution in [2.75, 3.05) is 0 Å². The number of rotatable bonds is 10. The monoisotopic (exact) mass is 266 g/mol. The van der Waals surface area contributed by atoms with Crippen LogP contribution in [0.5, 0.6) is 0 Å². The average Bonchev–Trinajstić information content (AvgIpc) is 2.42. The highest BCUT2D eigenvalue weighted by Gasteiger charge is 2.06. The summed E-state index contributed by atoms with van der Waals surface area (Å²) < 4.78 is 12.7. The second kappa shape index (κ2) is 9.96. The maximum Gasteiger partial charge on any atom is 0.123 e. The van der Waals surface area contributed by atoms with E-state index in [1.807, 2.05) is 0 Å². The van der Waals surface area contributed by atoms with E-state index in [0.29, 0.717) is 0 Å². The number of hydrogen-bond acceptors (Lipinski definition) is 1. The van der Waals surface area contributed by atoms with E-state index in [1.165, 1.54) is 57.1 Å². The van der Waals surface area contributed by atoms with E-state index >= 15 is 0 Å². The predicted octanol–water partition coefficient (Wildman–Crippen LogP) is 5.39. The molecule has 1 aromatic carbocycles. The molecule has 108 valence electrons.